The third-order valence-electron chi connectivity index (χ3n) is 2.18. The highest BCUT2D eigenvalue weighted by Gasteiger charge is 2.21. The van der Waals surface area contributed by atoms with Gasteiger partial charge in [-0.1, -0.05) is 0 Å². The van der Waals surface area contributed by atoms with E-state index in [9.17, 15) is 4.79 Å². The fourth-order valence-corrected chi connectivity index (χ4v) is 1.47. The average molecular weight is 192 g/mol. The number of carbonyl (C=O) groups excluding carboxylic acids is 1. The van der Waals surface area contributed by atoms with Gasteiger partial charge in [-0.3, -0.25) is 4.79 Å². The Morgan fingerprint density at radius 2 is 2.50 bits per heavy atom. The molecule has 5 nitrogen and oxygen atoms in total. The average Bonchev–Trinajstić information content (AvgIpc) is 2.56. The summed E-state index contributed by atoms with van der Waals surface area (Å²) in [5.41, 5.74) is 6.44. The third-order valence-corrected chi connectivity index (χ3v) is 2.18. The number of nitrogens with two attached hydrogens (primary N) is 1. The predicted molar refractivity (Wildman–Crippen MR) is 53.7 cm³/mol. The normalized spacial score (nSPS) is 20.6. The van der Waals surface area contributed by atoms with Gasteiger partial charge in [0.25, 0.3) is 0 Å². The molecule has 1 fully saturated rings. The van der Waals surface area contributed by atoms with E-state index < -0.39 is 0 Å². The highest BCUT2D eigenvalue weighted by atomic mass is 16.1. The molecule has 1 atom stereocenters. The van der Waals surface area contributed by atoms with E-state index in [4.69, 9.17) is 5.73 Å². The van der Waals surface area contributed by atoms with Gasteiger partial charge in [0.15, 0.2) is 0 Å². The van der Waals surface area contributed by atoms with Crippen LogP contribution in [-0.2, 0) is 4.79 Å². The first-order valence-electron chi connectivity index (χ1n) is 4.49. The van der Waals surface area contributed by atoms with Crippen LogP contribution in [0.3, 0.4) is 0 Å². The van der Waals surface area contributed by atoms with Gasteiger partial charge in [0, 0.05) is 19.2 Å². The molecule has 0 saturated carbocycles. The lowest BCUT2D eigenvalue weighted by atomic mass is 10.2. The smallest absolute Gasteiger partial charge is 0.222 e. The number of nitrogen functional groups attached to an aromatic ring is 1. The molecule has 5 heteroatoms. The van der Waals surface area contributed by atoms with E-state index in [0.29, 0.717) is 18.8 Å². The number of rotatable bonds is 2. The first-order chi connectivity index (χ1) is 6.75. The van der Waals surface area contributed by atoms with Gasteiger partial charge < -0.3 is 16.4 Å². The Morgan fingerprint density at radius 3 is 3.14 bits per heavy atom. The molecule has 1 aliphatic heterocycles. The van der Waals surface area contributed by atoms with Crippen LogP contribution in [0, 0.1) is 0 Å². The van der Waals surface area contributed by atoms with Crippen molar-refractivity contribution in [3.8, 4) is 0 Å². The molecule has 2 heterocycles. The van der Waals surface area contributed by atoms with Crippen molar-refractivity contribution < 1.29 is 4.79 Å². The number of aromatic nitrogens is 1. The van der Waals surface area contributed by atoms with Crippen molar-refractivity contribution in [2.75, 3.05) is 17.6 Å². The zero-order valence-electron chi connectivity index (χ0n) is 7.66. The van der Waals surface area contributed by atoms with Gasteiger partial charge in [0.05, 0.1) is 11.7 Å². The lowest BCUT2D eigenvalue weighted by Crippen LogP contribution is -2.22. The van der Waals surface area contributed by atoms with Gasteiger partial charge in [-0.15, -0.1) is 0 Å². The van der Waals surface area contributed by atoms with E-state index >= 15 is 0 Å². The molecule has 0 spiro atoms. The quantitative estimate of drug-likeness (QED) is 0.614. The zero-order chi connectivity index (χ0) is 9.97. The van der Waals surface area contributed by atoms with Crippen molar-refractivity contribution >= 4 is 17.4 Å². The standard InChI is InChI=1S/C9H12N4O/c10-9-7(2-1-3-11-9)13-6-4-8(14)12-5-6/h1-3,6,13H,4-5H2,(H2,10,11)(H,12,14). The molecule has 0 radical (unpaired) electrons. The molecular weight excluding hydrogens is 180 g/mol. The van der Waals surface area contributed by atoms with E-state index in [1.807, 2.05) is 12.1 Å². The number of hydrogen-bond donors (Lipinski definition) is 3. The molecule has 0 aromatic carbocycles. The van der Waals surface area contributed by atoms with Crippen LogP contribution in [0.15, 0.2) is 18.3 Å². The van der Waals surface area contributed by atoms with Crippen molar-refractivity contribution in [1.82, 2.24) is 10.3 Å². The molecular formula is C9H12N4O. The van der Waals surface area contributed by atoms with E-state index in [-0.39, 0.29) is 11.9 Å². The van der Waals surface area contributed by atoms with Crippen molar-refractivity contribution in [3.63, 3.8) is 0 Å². The van der Waals surface area contributed by atoms with Crippen LogP contribution in [0.2, 0.25) is 0 Å². The molecule has 4 N–H and O–H groups in total. The van der Waals surface area contributed by atoms with Crippen molar-refractivity contribution in [2.45, 2.75) is 12.5 Å². The van der Waals surface area contributed by atoms with E-state index in [1.165, 1.54) is 0 Å². The number of hydrogen-bond acceptors (Lipinski definition) is 4. The Labute approximate surface area is 81.7 Å². The number of anilines is 2. The SMILES string of the molecule is Nc1ncccc1NC1CNC(=O)C1. The summed E-state index contributed by atoms with van der Waals surface area (Å²) < 4.78 is 0. The fraction of sp³-hybridized carbons (Fsp3) is 0.333. The minimum atomic E-state index is 0.0740. The molecule has 14 heavy (non-hydrogen) atoms. The van der Waals surface area contributed by atoms with Crippen molar-refractivity contribution in [1.29, 1.82) is 0 Å². The van der Waals surface area contributed by atoms with E-state index in [0.717, 1.165) is 5.69 Å². The monoisotopic (exact) mass is 192 g/mol. The molecule has 1 unspecified atom stereocenters. The largest absolute Gasteiger partial charge is 0.382 e. The lowest BCUT2D eigenvalue weighted by Gasteiger charge is -2.12. The minimum absolute atomic E-state index is 0.0740. The van der Waals surface area contributed by atoms with Gasteiger partial charge in [0.2, 0.25) is 5.91 Å². The van der Waals surface area contributed by atoms with Crippen LogP contribution in [0.1, 0.15) is 6.42 Å². The van der Waals surface area contributed by atoms with Crippen LogP contribution in [-0.4, -0.2) is 23.5 Å². The third kappa shape index (κ3) is 1.76. The second-order valence-corrected chi connectivity index (χ2v) is 3.29. The second-order valence-electron chi connectivity index (χ2n) is 3.29. The highest BCUT2D eigenvalue weighted by molar-refractivity contribution is 5.80. The summed E-state index contributed by atoms with van der Waals surface area (Å²) in [5.74, 6) is 0.539. The van der Waals surface area contributed by atoms with Gasteiger partial charge in [0.1, 0.15) is 5.82 Å². The number of nitrogens with one attached hydrogen (secondary N) is 2. The highest BCUT2D eigenvalue weighted by Crippen LogP contribution is 2.16. The van der Waals surface area contributed by atoms with Crippen LogP contribution < -0.4 is 16.4 Å². The Balaban J connectivity index is 2.04. The summed E-state index contributed by atoms with van der Waals surface area (Å²) in [7, 11) is 0. The minimum Gasteiger partial charge on any atom is -0.382 e. The first-order valence-corrected chi connectivity index (χ1v) is 4.49. The van der Waals surface area contributed by atoms with E-state index in [1.54, 1.807) is 6.20 Å². The Kier molecular flexibility index (Phi) is 2.22. The number of pyridine rings is 1. The van der Waals surface area contributed by atoms with Crippen LogP contribution in [0.4, 0.5) is 11.5 Å². The number of amides is 1. The molecule has 74 valence electrons. The maximum atomic E-state index is 10.9. The van der Waals surface area contributed by atoms with Crippen molar-refractivity contribution in [3.05, 3.63) is 18.3 Å². The summed E-state index contributed by atoms with van der Waals surface area (Å²) in [6.45, 7) is 0.646. The van der Waals surface area contributed by atoms with Crippen LogP contribution in [0.5, 0.6) is 0 Å². The maximum absolute atomic E-state index is 10.9. The molecule has 1 amide bonds. The molecule has 1 aromatic rings. The lowest BCUT2D eigenvalue weighted by molar-refractivity contribution is -0.119. The molecule has 1 saturated heterocycles. The summed E-state index contributed by atoms with van der Waals surface area (Å²) >= 11 is 0. The van der Waals surface area contributed by atoms with Gasteiger partial charge in [-0.25, -0.2) is 4.98 Å². The predicted octanol–water partition coefficient (Wildman–Crippen LogP) is -0.0358. The number of carbonyl (C=O) groups is 1. The fourth-order valence-electron chi connectivity index (χ4n) is 1.47. The Bertz CT molecular complexity index is 352. The molecule has 0 aliphatic carbocycles. The summed E-state index contributed by atoms with van der Waals surface area (Å²) in [4.78, 5) is 14.9. The summed E-state index contributed by atoms with van der Waals surface area (Å²) in [5, 5.41) is 5.92. The second kappa shape index (κ2) is 3.53. The van der Waals surface area contributed by atoms with E-state index in [2.05, 4.69) is 15.6 Å². The number of nitrogens with zero attached hydrogens (tertiary/aromatic N) is 1. The zero-order valence-corrected chi connectivity index (χ0v) is 7.66. The molecule has 1 aliphatic rings. The molecule has 0 bridgehead atoms. The van der Waals surface area contributed by atoms with Crippen LogP contribution in [0.25, 0.3) is 0 Å². The molecule has 2 rings (SSSR count). The Hall–Kier alpha value is -1.78. The summed E-state index contributed by atoms with van der Waals surface area (Å²) in [6.07, 6.45) is 2.13. The van der Waals surface area contributed by atoms with Gasteiger partial charge in [-0.05, 0) is 12.1 Å². The Morgan fingerprint density at radius 1 is 1.64 bits per heavy atom. The van der Waals surface area contributed by atoms with Crippen molar-refractivity contribution in [2.24, 2.45) is 0 Å². The summed E-state index contributed by atoms with van der Waals surface area (Å²) in [6, 6.07) is 3.78. The molecule has 1 aromatic heterocycles. The maximum Gasteiger partial charge on any atom is 0.222 e. The van der Waals surface area contributed by atoms with Gasteiger partial charge >= 0.3 is 0 Å². The first kappa shape index (κ1) is 8.80. The van der Waals surface area contributed by atoms with Gasteiger partial charge in [-0.2, -0.15) is 0 Å². The topological polar surface area (TPSA) is 80.0 Å². The van der Waals surface area contributed by atoms with Crippen LogP contribution >= 0.6 is 0 Å².